The lowest BCUT2D eigenvalue weighted by Gasteiger charge is -2.22. The maximum atomic E-state index is 6.27. The van der Waals surface area contributed by atoms with Gasteiger partial charge in [-0.25, -0.2) is 9.98 Å². The Hall–Kier alpha value is -2.40. The molecular formula is C26H22Cl2N2OS. The molecule has 5 rings (SSSR count). The number of halogens is 2. The molecule has 1 aliphatic rings. The second-order valence-corrected chi connectivity index (χ2v) is 9.74. The lowest BCUT2D eigenvalue weighted by atomic mass is 9.84. The summed E-state index contributed by atoms with van der Waals surface area (Å²) in [6.07, 6.45) is 8.38. The van der Waals surface area contributed by atoms with E-state index < -0.39 is 0 Å². The minimum absolute atomic E-state index is 0.589. The van der Waals surface area contributed by atoms with Crippen LogP contribution in [0.1, 0.15) is 49.3 Å². The predicted octanol–water partition coefficient (Wildman–Crippen LogP) is 9.18. The van der Waals surface area contributed by atoms with Crippen molar-refractivity contribution in [2.24, 2.45) is 4.99 Å². The molecule has 0 radical (unpaired) electrons. The molecule has 0 spiro atoms. The molecule has 1 saturated carbocycles. The van der Waals surface area contributed by atoms with Gasteiger partial charge in [0.15, 0.2) is 0 Å². The Morgan fingerprint density at radius 2 is 1.78 bits per heavy atom. The first-order valence-corrected chi connectivity index (χ1v) is 12.4. The molecule has 162 valence electrons. The van der Waals surface area contributed by atoms with E-state index in [1.54, 1.807) is 24.4 Å². The Balaban J connectivity index is 1.28. The monoisotopic (exact) mass is 480 g/mol. The van der Waals surface area contributed by atoms with Crippen LogP contribution in [0.5, 0.6) is 0 Å². The molecule has 2 heterocycles. The maximum Gasteiger partial charge on any atom is 0.209 e. The van der Waals surface area contributed by atoms with Gasteiger partial charge in [0.1, 0.15) is 11.5 Å². The molecule has 0 aliphatic heterocycles. The van der Waals surface area contributed by atoms with E-state index in [-0.39, 0.29) is 0 Å². The molecule has 0 atom stereocenters. The van der Waals surface area contributed by atoms with Crippen LogP contribution in [0.3, 0.4) is 0 Å². The third-order valence-electron chi connectivity index (χ3n) is 5.90. The zero-order valence-corrected chi connectivity index (χ0v) is 19.8. The van der Waals surface area contributed by atoms with Crippen LogP contribution < -0.4 is 0 Å². The van der Waals surface area contributed by atoms with Crippen LogP contribution in [-0.2, 0) is 0 Å². The molecule has 1 aliphatic carbocycles. The van der Waals surface area contributed by atoms with Gasteiger partial charge in [0.2, 0.25) is 5.13 Å². The average molecular weight is 481 g/mol. The van der Waals surface area contributed by atoms with E-state index in [9.17, 15) is 0 Å². The van der Waals surface area contributed by atoms with Gasteiger partial charge >= 0.3 is 0 Å². The SMILES string of the molecule is Clc1ccc(Cl)c(-c2ccc(C=Nc3nc(-c4ccc(C5CCCCC5)cc4)cs3)o2)c1. The number of aliphatic imine (C=N–C) groups is 1. The predicted molar refractivity (Wildman–Crippen MR) is 135 cm³/mol. The van der Waals surface area contributed by atoms with Gasteiger partial charge in [-0.3, -0.25) is 0 Å². The summed E-state index contributed by atoms with van der Waals surface area (Å²) in [4.78, 5) is 9.16. The molecule has 3 nitrogen and oxygen atoms in total. The number of thiazole rings is 1. The van der Waals surface area contributed by atoms with Crippen LogP contribution in [0.4, 0.5) is 5.13 Å². The highest BCUT2D eigenvalue weighted by Crippen LogP contribution is 2.35. The van der Waals surface area contributed by atoms with Gasteiger partial charge in [0.25, 0.3) is 0 Å². The number of hydrogen-bond donors (Lipinski definition) is 0. The molecule has 32 heavy (non-hydrogen) atoms. The second-order valence-electron chi connectivity index (χ2n) is 8.06. The van der Waals surface area contributed by atoms with E-state index >= 15 is 0 Å². The van der Waals surface area contributed by atoms with Crippen molar-refractivity contribution < 1.29 is 4.42 Å². The van der Waals surface area contributed by atoms with Crippen molar-refractivity contribution in [2.45, 2.75) is 38.0 Å². The van der Waals surface area contributed by atoms with Crippen molar-refractivity contribution in [3.8, 4) is 22.6 Å². The summed E-state index contributed by atoms with van der Waals surface area (Å²) < 4.78 is 5.87. The number of furan rings is 1. The Bertz CT molecular complexity index is 1240. The van der Waals surface area contributed by atoms with Crippen molar-refractivity contribution >= 4 is 45.9 Å². The normalized spacial score (nSPS) is 14.9. The molecule has 1 fully saturated rings. The first-order valence-electron chi connectivity index (χ1n) is 10.8. The number of rotatable bonds is 5. The Morgan fingerprint density at radius 3 is 2.59 bits per heavy atom. The van der Waals surface area contributed by atoms with E-state index in [2.05, 4.69) is 34.2 Å². The van der Waals surface area contributed by atoms with Crippen LogP contribution in [0.15, 0.2) is 69.4 Å². The van der Waals surface area contributed by atoms with Gasteiger partial charge in [-0.2, -0.15) is 0 Å². The molecular weight excluding hydrogens is 459 g/mol. The van der Waals surface area contributed by atoms with Crippen LogP contribution in [0.2, 0.25) is 10.0 Å². The maximum absolute atomic E-state index is 6.27. The minimum Gasteiger partial charge on any atom is -0.455 e. The van der Waals surface area contributed by atoms with Crippen LogP contribution in [-0.4, -0.2) is 11.2 Å². The van der Waals surface area contributed by atoms with E-state index in [0.717, 1.165) is 16.8 Å². The largest absolute Gasteiger partial charge is 0.455 e. The molecule has 0 N–H and O–H groups in total. The van der Waals surface area contributed by atoms with Crippen LogP contribution in [0.25, 0.3) is 22.6 Å². The summed E-state index contributed by atoms with van der Waals surface area (Å²) >= 11 is 13.9. The number of hydrogen-bond acceptors (Lipinski definition) is 4. The van der Waals surface area contributed by atoms with Crippen molar-refractivity contribution in [3.63, 3.8) is 0 Å². The number of nitrogens with zero attached hydrogens (tertiary/aromatic N) is 2. The van der Waals surface area contributed by atoms with E-state index in [4.69, 9.17) is 27.6 Å². The Labute approximate surface area is 201 Å². The Morgan fingerprint density at radius 1 is 0.969 bits per heavy atom. The van der Waals surface area contributed by atoms with Gasteiger partial charge in [0, 0.05) is 21.5 Å². The van der Waals surface area contributed by atoms with Gasteiger partial charge in [-0.1, -0.05) is 66.7 Å². The molecule has 4 aromatic rings. The summed E-state index contributed by atoms with van der Waals surface area (Å²) in [5.74, 6) is 2.00. The standard InChI is InChI=1S/C26H22Cl2N2OS/c27-20-10-12-23(28)22(14-20)25-13-11-21(31-25)15-29-26-30-24(16-32-26)19-8-6-18(7-9-19)17-4-2-1-3-5-17/h6-17H,1-5H2. The fourth-order valence-corrected chi connectivity index (χ4v) is 5.24. The smallest absolute Gasteiger partial charge is 0.209 e. The lowest BCUT2D eigenvalue weighted by Crippen LogP contribution is -2.04. The quantitative estimate of drug-likeness (QED) is 0.267. The molecule has 0 unspecified atom stereocenters. The van der Waals surface area contributed by atoms with E-state index in [1.165, 1.54) is 49.0 Å². The molecule has 0 amide bonds. The van der Waals surface area contributed by atoms with Crippen molar-refractivity contribution in [1.82, 2.24) is 4.98 Å². The number of benzene rings is 2. The number of aromatic nitrogens is 1. The fourth-order valence-electron chi connectivity index (χ4n) is 4.19. The van der Waals surface area contributed by atoms with E-state index in [0.29, 0.717) is 32.6 Å². The molecule has 2 aromatic carbocycles. The molecule has 2 aromatic heterocycles. The zero-order chi connectivity index (χ0) is 21.9. The van der Waals surface area contributed by atoms with Gasteiger partial charge in [-0.05, 0) is 54.7 Å². The van der Waals surface area contributed by atoms with Crippen molar-refractivity contribution in [3.05, 3.63) is 81.3 Å². The van der Waals surface area contributed by atoms with Crippen LogP contribution >= 0.6 is 34.5 Å². The molecule has 6 heteroatoms. The second kappa shape index (κ2) is 9.62. The fraction of sp³-hybridized carbons (Fsp3) is 0.231. The first-order chi connectivity index (χ1) is 15.7. The topological polar surface area (TPSA) is 38.4 Å². The summed E-state index contributed by atoms with van der Waals surface area (Å²) in [5, 5.41) is 3.93. The third kappa shape index (κ3) is 4.83. The highest BCUT2D eigenvalue weighted by atomic mass is 35.5. The molecule has 0 saturated heterocycles. The summed E-state index contributed by atoms with van der Waals surface area (Å²) in [6.45, 7) is 0. The third-order valence-corrected chi connectivity index (χ3v) is 7.21. The van der Waals surface area contributed by atoms with E-state index in [1.807, 2.05) is 17.5 Å². The van der Waals surface area contributed by atoms with Gasteiger partial charge < -0.3 is 4.42 Å². The van der Waals surface area contributed by atoms with Gasteiger partial charge in [0.05, 0.1) is 16.9 Å². The molecule has 0 bridgehead atoms. The average Bonchev–Trinajstić information content (AvgIpc) is 3.50. The van der Waals surface area contributed by atoms with Crippen molar-refractivity contribution in [1.29, 1.82) is 0 Å². The Kier molecular flexibility index (Phi) is 6.44. The van der Waals surface area contributed by atoms with Crippen LogP contribution in [0, 0.1) is 0 Å². The van der Waals surface area contributed by atoms with Crippen molar-refractivity contribution in [2.75, 3.05) is 0 Å². The summed E-state index contributed by atoms with van der Waals surface area (Å²) in [5.41, 5.74) is 4.28. The first kappa shape index (κ1) is 21.4. The zero-order valence-electron chi connectivity index (χ0n) is 17.4. The highest BCUT2D eigenvalue weighted by molar-refractivity contribution is 7.13. The minimum atomic E-state index is 0.589. The van der Waals surface area contributed by atoms with Gasteiger partial charge in [-0.15, -0.1) is 11.3 Å². The summed E-state index contributed by atoms with van der Waals surface area (Å²) in [6, 6.07) is 17.9. The lowest BCUT2D eigenvalue weighted by molar-refractivity contribution is 0.443. The summed E-state index contributed by atoms with van der Waals surface area (Å²) in [7, 11) is 0. The highest BCUT2D eigenvalue weighted by Gasteiger charge is 2.15.